The van der Waals surface area contributed by atoms with Gasteiger partial charge >= 0.3 is 6.09 Å². The maximum Gasteiger partial charge on any atom is 0.404 e. The number of rotatable bonds is 6. The summed E-state index contributed by atoms with van der Waals surface area (Å²) in [6.07, 6.45) is -0.297. The first-order chi connectivity index (χ1) is 10.9. The van der Waals surface area contributed by atoms with Gasteiger partial charge in [0.2, 0.25) is 0 Å². The summed E-state index contributed by atoms with van der Waals surface area (Å²) in [7, 11) is 0. The monoisotopic (exact) mass is 346 g/mol. The first-order valence-electron chi connectivity index (χ1n) is 7.42. The molecule has 1 amide bonds. The minimum absolute atomic E-state index is 0.0238. The van der Waals surface area contributed by atoms with Gasteiger partial charge in [-0.15, -0.1) is 0 Å². The Morgan fingerprint density at radius 2 is 2.17 bits per heavy atom. The lowest BCUT2D eigenvalue weighted by Crippen LogP contribution is -2.46. The molecule has 1 unspecified atom stereocenters. The zero-order valence-electron chi connectivity index (χ0n) is 12.5. The van der Waals surface area contributed by atoms with Crippen LogP contribution in [0.2, 0.25) is 5.02 Å². The fraction of sp³-hybridized carbons (Fsp3) is 0.533. The highest BCUT2D eigenvalue weighted by atomic mass is 35.5. The number of carboxylic acid groups (broad SMARTS) is 1. The molecule has 1 aromatic carbocycles. The van der Waals surface area contributed by atoms with Crippen LogP contribution in [0.5, 0.6) is 5.75 Å². The highest BCUT2D eigenvalue weighted by Gasteiger charge is 2.22. The van der Waals surface area contributed by atoms with E-state index in [4.69, 9.17) is 21.4 Å². The van der Waals surface area contributed by atoms with E-state index in [1.165, 1.54) is 12.1 Å². The van der Waals surface area contributed by atoms with Gasteiger partial charge in [-0.05, 0) is 25.0 Å². The lowest BCUT2D eigenvalue weighted by atomic mass is 10.1. The van der Waals surface area contributed by atoms with E-state index < -0.39 is 18.0 Å². The number of carbonyl (C=O) groups is 1. The largest absolute Gasteiger partial charge is 0.491 e. The number of likely N-dealkylation sites (tertiary alicyclic amines) is 1. The third-order valence-electron chi connectivity index (χ3n) is 3.72. The molecular weight excluding hydrogens is 327 g/mol. The summed E-state index contributed by atoms with van der Waals surface area (Å²) in [5, 5.41) is 21.2. The third kappa shape index (κ3) is 5.85. The molecule has 0 radical (unpaired) electrons. The number of nitrogens with zero attached hydrogens (tertiary/aromatic N) is 1. The van der Waals surface area contributed by atoms with Gasteiger partial charge in [-0.2, -0.15) is 0 Å². The lowest BCUT2D eigenvalue weighted by Gasteiger charge is -2.32. The van der Waals surface area contributed by atoms with Gasteiger partial charge in [0.15, 0.2) is 0 Å². The number of hydrogen-bond donors (Lipinski definition) is 3. The van der Waals surface area contributed by atoms with Gasteiger partial charge in [-0.1, -0.05) is 11.6 Å². The van der Waals surface area contributed by atoms with E-state index in [9.17, 15) is 14.3 Å². The zero-order valence-corrected chi connectivity index (χ0v) is 13.3. The second kappa shape index (κ2) is 8.33. The Morgan fingerprint density at radius 3 is 2.78 bits per heavy atom. The Hall–Kier alpha value is -1.57. The average molecular weight is 347 g/mol. The van der Waals surface area contributed by atoms with E-state index in [-0.39, 0.29) is 17.7 Å². The number of amides is 1. The van der Waals surface area contributed by atoms with E-state index in [2.05, 4.69) is 10.2 Å². The predicted molar refractivity (Wildman–Crippen MR) is 83.5 cm³/mol. The summed E-state index contributed by atoms with van der Waals surface area (Å²) in [6, 6.07) is 4.09. The standard InChI is InChI=1S/C15H20ClFN2O4/c16-13-2-1-12(7-14(13)17)23-9-11(20)8-19-5-3-10(4-6-19)18-15(21)22/h1-2,7,10-11,18,20H,3-6,8-9H2,(H,21,22). The van der Waals surface area contributed by atoms with Gasteiger partial charge in [0, 0.05) is 31.7 Å². The van der Waals surface area contributed by atoms with E-state index in [0.29, 0.717) is 38.2 Å². The minimum atomic E-state index is -1.01. The van der Waals surface area contributed by atoms with Crippen molar-refractivity contribution in [3.05, 3.63) is 29.0 Å². The number of hydrogen-bond acceptors (Lipinski definition) is 4. The Balaban J connectivity index is 1.70. The quantitative estimate of drug-likeness (QED) is 0.733. The normalized spacial score (nSPS) is 17.7. The smallest absolute Gasteiger partial charge is 0.404 e. The van der Waals surface area contributed by atoms with Crippen LogP contribution in [0.1, 0.15) is 12.8 Å². The van der Waals surface area contributed by atoms with Crippen molar-refractivity contribution in [2.24, 2.45) is 0 Å². The number of β-amino-alcohol motifs (C(OH)–C–C–N with tert-alkyl or cyclic N) is 1. The molecule has 0 saturated carbocycles. The van der Waals surface area contributed by atoms with Crippen molar-refractivity contribution in [1.82, 2.24) is 10.2 Å². The van der Waals surface area contributed by atoms with Crippen LogP contribution < -0.4 is 10.1 Å². The molecule has 2 rings (SSSR count). The summed E-state index contributed by atoms with van der Waals surface area (Å²) in [4.78, 5) is 12.6. The Bertz CT molecular complexity index is 538. The maximum atomic E-state index is 13.3. The molecule has 1 atom stereocenters. The van der Waals surface area contributed by atoms with Crippen LogP contribution in [-0.4, -0.2) is 59.6 Å². The summed E-state index contributed by atoms with van der Waals surface area (Å²) in [5.41, 5.74) is 0. The molecule has 8 heteroatoms. The van der Waals surface area contributed by atoms with Crippen molar-refractivity contribution in [2.75, 3.05) is 26.2 Å². The zero-order chi connectivity index (χ0) is 16.8. The van der Waals surface area contributed by atoms with Crippen LogP contribution in [0, 0.1) is 5.82 Å². The molecule has 0 aromatic heterocycles. The van der Waals surface area contributed by atoms with Crippen LogP contribution in [0.15, 0.2) is 18.2 Å². The van der Waals surface area contributed by atoms with Crippen LogP contribution in [-0.2, 0) is 0 Å². The third-order valence-corrected chi connectivity index (χ3v) is 4.02. The fourth-order valence-electron chi connectivity index (χ4n) is 2.54. The Morgan fingerprint density at radius 1 is 1.48 bits per heavy atom. The summed E-state index contributed by atoms with van der Waals surface area (Å²) >= 11 is 5.59. The second-order valence-corrected chi connectivity index (χ2v) is 5.97. The summed E-state index contributed by atoms with van der Waals surface area (Å²) in [5.74, 6) is -0.248. The van der Waals surface area contributed by atoms with Crippen molar-refractivity contribution >= 4 is 17.7 Å². The van der Waals surface area contributed by atoms with Gasteiger partial charge in [0.05, 0.1) is 5.02 Å². The molecule has 3 N–H and O–H groups in total. The predicted octanol–water partition coefficient (Wildman–Crippen LogP) is 1.95. The SMILES string of the molecule is O=C(O)NC1CCN(CC(O)COc2ccc(Cl)c(F)c2)CC1. The van der Waals surface area contributed by atoms with Crippen molar-refractivity contribution < 1.29 is 24.1 Å². The first kappa shape index (κ1) is 17.8. The van der Waals surface area contributed by atoms with Crippen LogP contribution in [0.4, 0.5) is 9.18 Å². The molecule has 1 aliphatic rings. The molecule has 0 bridgehead atoms. The van der Waals surface area contributed by atoms with Crippen LogP contribution >= 0.6 is 11.6 Å². The van der Waals surface area contributed by atoms with Crippen LogP contribution in [0.3, 0.4) is 0 Å². The van der Waals surface area contributed by atoms with Crippen molar-refractivity contribution in [3.63, 3.8) is 0 Å². The Labute approximate surface area is 138 Å². The van der Waals surface area contributed by atoms with E-state index in [0.717, 1.165) is 0 Å². The molecule has 1 fully saturated rings. The highest BCUT2D eigenvalue weighted by molar-refractivity contribution is 6.30. The number of benzene rings is 1. The van der Waals surface area contributed by atoms with Crippen molar-refractivity contribution in [2.45, 2.75) is 25.0 Å². The molecule has 1 aromatic rings. The summed E-state index contributed by atoms with van der Waals surface area (Å²) < 4.78 is 18.6. The molecule has 128 valence electrons. The lowest BCUT2D eigenvalue weighted by molar-refractivity contribution is 0.0577. The summed E-state index contributed by atoms with van der Waals surface area (Å²) in [6.45, 7) is 1.89. The molecular formula is C15H20ClFN2O4. The molecule has 1 saturated heterocycles. The molecule has 0 aliphatic carbocycles. The average Bonchev–Trinajstić information content (AvgIpc) is 2.50. The van der Waals surface area contributed by atoms with E-state index in [1.807, 2.05) is 0 Å². The number of aliphatic hydroxyl groups is 1. The topological polar surface area (TPSA) is 82.0 Å². The van der Waals surface area contributed by atoms with Gasteiger partial charge in [-0.3, -0.25) is 0 Å². The van der Waals surface area contributed by atoms with Crippen LogP contribution in [0.25, 0.3) is 0 Å². The number of aliphatic hydroxyl groups excluding tert-OH is 1. The molecule has 23 heavy (non-hydrogen) atoms. The van der Waals surface area contributed by atoms with Gasteiger partial charge in [0.25, 0.3) is 0 Å². The van der Waals surface area contributed by atoms with E-state index >= 15 is 0 Å². The number of halogens is 2. The highest BCUT2D eigenvalue weighted by Crippen LogP contribution is 2.20. The fourth-order valence-corrected chi connectivity index (χ4v) is 2.66. The van der Waals surface area contributed by atoms with Gasteiger partial charge < -0.3 is 25.2 Å². The minimum Gasteiger partial charge on any atom is -0.491 e. The van der Waals surface area contributed by atoms with Gasteiger partial charge in [0.1, 0.15) is 24.3 Å². The molecule has 1 heterocycles. The number of piperidine rings is 1. The van der Waals surface area contributed by atoms with E-state index in [1.54, 1.807) is 6.07 Å². The van der Waals surface area contributed by atoms with Gasteiger partial charge in [-0.25, -0.2) is 9.18 Å². The molecule has 6 nitrogen and oxygen atoms in total. The molecule has 0 spiro atoms. The number of ether oxygens (including phenoxy) is 1. The Kier molecular flexibility index (Phi) is 6.44. The first-order valence-corrected chi connectivity index (χ1v) is 7.79. The number of nitrogens with one attached hydrogen (secondary N) is 1. The van der Waals surface area contributed by atoms with Crippen molar-refractivity contribution in [3.8, 4) is 5.75 Å². The second-order valence-electron chi connectivity index (χ2n) is 5.57. The molecule has 1 aliphatic heterocycles. The maximum absolute atomic E-state index is 13.3. The van der Waals surface area contributed by atoms with Crippen molar-refractivity contribution in [1.29, 1.82) is 0 Å².